The molecule has 0 bridgehead atoms. The number of hydrogen-bond acceptors (Lipinski definition) is 3. The molecule has 0 aliphatic rings. The third-order valence-corrected chi connectivity index (χ3v) is 3.74. The Hall–Kier alpha value is -2.44. The summed E-state index contributed by atoms with van der Waals surface area (Å²) in [5.41, 5.74) is 7.68. The minimum Gasteiger partial charge on any atom is -0.507 e. The first-order valence-electron chi connectivity index (χ1n) is 7.17. The highest BCUT2D eigenvalue weighted by Gasteiger charge is 2.31. The fraction of sp³-hybridized carbons (Fsp3) is 0.111. The first-order valence-corrected chi connectivity index (χ1v) is 7.17. The lowest BCUT2D eigenvalue weighted by Gasteiger charge is -2.17. The summed E-state index contributed by atoms with van der Waals surface area (Å²) in [7, 11) is 0. The highest BCUT2D eigenvalue weighted by Crippen LogP contribution is 2.33. The van der Waals surface area contributed by atoms with Gasteiger partial charge in [0.25, 0.3) is 0 Å². The summed E-state index contributed by atoms with van der Waals surface area (Å²) in [6.45, 7) is 0. The van der Waals surface area contributed by atoms with Gasteiger partial charge in [-0.2, -0.15) is 0 Å². The van der Waals surface area contributed by atoms with Gasteiger partial charge in [-0.3, -0.25) is 0 Å². The summed E-state index contributed by atoms with van der Waals surface area (Å²) >= 11 is 0. The van der Waals surface area contributed by atoms with E-state index in [1.54, 1.807) is 24.3 Å². The smallest absolute Gasteiger partial charge is 0.507 e. The van der Waals surface area contributed by atoms with E-state index in [2.05, 4.69) is 4.74 Å². The third-order valence-electron chi connectivity index (χ3n) is 3.74. The minimum atomic E-state index is -4.73. The number of hydrogen-bond donors (Lipinski definition) is 2. The molecule has 0 fully saturated rings. The van der Waals surface area contributed by atoms with Crippen molar-refractivity contribution in [2.45, 2.75) is 12.4 Å². The van der Waals surface area contributed by atoms with Crippen molar-refractivity contribution >= 4 is 23.2 Å². The molecule has 3 rings (SSSR count). The van der Waals surface area contributed by atoms with Crippen LogP contribution in [-0.4, -0.2) is 11.5 Å². The van der Waals surface area contributed by atoms with Gasteiger partial charge in [0.2, 0.25) is 0 Å². The quantitative estimate of drug-likeness (QED) is 0.689. The average Bonchev–Trinajstić information content (AvgIpc) is 2.54. The molecule has 0 saturated heterocycles. The predicted molar refractivity (Wildman–Crippen MR) is 92.0 cm³/mol. The van der Waals surface area contributed by atoms with E-state index in [1.165, 1.54) is 24.3 Å². The lowest BCUT2D eigenvalue weighted by atomic mass is 9.94. The molecule has 25 heavy (non-hydrogen) atoms. The molecule has 132 valence electrons. The van der Waals surface area contributed by atoms with Crippen LogP contribution in [0.25, 0.3) is 10.8 Å². The van der Waals surface area contributed by atoms with Gasteiger partial charge < -0.3 is 15.6 Å². The third kappa shape index (κ3) is 4.15. The number of rotatable bonds is 3. The van der Waals surface area contributed by atoms with Gasteiger partial charge in [0.05, 0.1) is 6.04 Å². The van der Waals surface area contributed by atoms with E-state index >= 15 is 0 Å². The zero-order valence-corrected chi connectivity index (χ0v) is 13.6. The molecular formula is C18H15ClF3NO2. The molecule has 7 heteroatoms. The highest BCUT2D eigenvalue weighted by atomic mass is 35.5. The van der Waals surface area contributed by atoms with Crippen LogP contribution in [0.4, 0.5) is 13.2 Å². The number of phenols is 1. The molecule has 0 radical (unpaired) electrons. The Labute approximate surface area is 148 Å². The average molecular weight is 370 g/mol. The number of ether oxygens (including phenoxy) is 1. The molecule has 3 nitrogen and oxygen atoms in total. The molecule has 0 amide bonds. The van der Waals surface area contributed by atoms with Gasteiger partial charge in [0.15, 0.2) is 0 Å². The summed E-state index contributed by atoms with van der Waals surface area (Å²) in [6, 6.07) is 15.4. The van der Waals surface area contributed by atoms with Gasteiger partial charge in [-0.1, -0.05) is 42.5 Å². The van der Waals surface area contributed by atoms with Crippen LogP contribution in [0.15, 0.2) is 60.7 Å². The Balaban J connectivity index is 0.00000225. The number of aromatic hydroxyl groups is 1. The Morgan fingerprint density at radius 2 is 1.48 bits per heavy atom. The largest absolute Gasteiger partial charge is 0.573 e. The number of benzene rings is 3. The van der Waals surface area contributed by atoms with E-state index in [9.17, 15) is 18.3 Å². The van der Waals surface area contributed by atoms with E-state index in [0.717, 1.165) is 10.9 Å². The maximum absolute atomic E-state index is 12.2. The topological polar surface area (TPSA) is 55.5 Å². The van der Waals surface area contributed by atoms with Gasteiger partial charge in [0, 0.05) is 5.39 Å². The molecule has 3 aromatic rings. The van der Waals surface area contributed by atoms with Gasteiger partial charge in [0.1, 0.15) is 11.5 Å². The van der Waals surface area contributed by atoms with E-state index in [-0.39, 0.29) is 23.9 Å². The lowest BCUT2D eigenvalue weighted by molar-refractivity contribution is -0.274. The molecule has 0 aliphatic heterocycles. The van der Waals surface area contributed by atoms with Gasteiger partial charge in [-0.05, 0) is 34.7 Å². The van der Waals surface area contributed by atoms with Crippen molar-refractivity contribution in [2.75, 3.05) is 0 Å². The van der Waals surface area contributed by atoms with E-state index in [4.69, 9.17) is 5.73 Å². The molecule has 0 aromatic heterocycles. The second-order valence-electron chi connectivity index (χ2n) is 5.31. The summed E-state index contributed by atoms with van der Waals surface area (Å²) < 4.78 is 40.5. The zero-order chi connectivity index (χ0) is 17.3. The Morgan fingerprint density at radius 1 is 0.880 bits per heavy atom. The van der Waals surface area contributed by atoms with Crippen LogP contribution in [0.2, 0.25) is 0 Å². The first kappa shape index (κ1) is 18.9. The summed E-state index contributed by atoms with van der Waals surface area (Å²) in [6.07, 6.45) is -4.73. The molecule has 0 unspecified atom stereocenters. The Kier molecular flexibility index (Phi) is 5.45. The normalized spacial score (nSPS) is 12.5. The monoisotopic (exact) mass is 369 g/mol. The molecule has 0 aliphatic carbocycles. The van der Waals surface area contributed by atoms with Crippen LogP contribution >= 0.6 is 12.4 Å². The Bertz CT molecular complexity index is 866. The fourth-order valence-corrected chi connectivity index (χ4v) is 2.63. The second kappa shape index (κ2) is 7.21. The molecule has 0 heterocycles. The molecule has 0 saturated carbocycles. The van der Waals surface area contributed by atoms with E-state index in [1.807, 2.05) is 12.1 Å². The number of phenolic OH excluding ortho intramolecular Hbond substituents is 1. The number of halogens is 4. The predicted octanol–water partition coefficient (Wildman–Crippen LogP) is 4.91. The number of fused-ring (bicyclic) bond motifs is 1. The van der Waals surface area contributed by atoms with Crippen molar-refractivity contribution in [2.24, 2.45) is 5.73 Å². The maximum Gasteiger partial charge on any atom is 0.573 e. The van der Waals surface area contributed by atoms with Crippen LogP contribution in [0.3, 0.4) is 0 Å². The minimum absolute atomic E-state index is 0. The summed E-state index contributed by atoms with van der Waals surface area (Å²) in [4.78, 5) is 0. The SMILES string of the molecule is Cl.N[C@H](c1ccc(OC(F)(F)F)cc1)c1ccc(O)c2ccccc12. The number of alkyl halides is 3. The van der Waals surface area contributed by atoms with E-state index < -0.39 is 12.4 Å². The summed E-state index contributed by atoms with van der Waals surface area (Å²) in [5, 5.41) is 11.4. The van der Waals surface area contributed by atoms with Crippen molar-refractivity contribution in [1.82, 2.24) is 0 Å². The fourth-order valence-electron chi connectivity index (χ4n) is 2.63. The maximum atomic E-state index is 12.2. The van der Waals surface area contributed by atoms with E-state index in [0.29, 0.717) is 10.9 Å². The van der Waals surface area contributed by atoms with Crippen molar-refractivity contribution < 1.29 is 23.0 Å². The van der Waals surface area contributed by atoms with Gasteiger partial charge in [-0.15, -0.1) is 25.6 Å². The molecule has 1 atom stereocenters. The van der Waals surface area contributed by atoms with Crippen LogP contribution in [0.5, 0.6) is 11.5 Å². The molecule has 3 aromatic carbocycles. The molecular weight excluding hydrogens is 355 g/mol. The van der Waals surface area contributed by atoms with Crippen LogP contribution in [0.1, 0.15) is 17.2 Å². The van der Waals surface area contributed by atoms with Crippen molar-refractivity contribution in [3.8, 4) is 11.5 Å². The zero-order valence-electron chi connectivity index (χ0n) is 12.8. The molecule has 0 spiro atoms. The first-order chi connectivity index (χ1) is 11.3. The highest BCUT2D eigenvalue weighted by molar-refractivity contribution is 5.91. The van der Waals surface area contributed by atoms with Crippen LogP contribution in [-0.2, 0) is 0 Å². The van der Waals surface area contributed by atoms with Crippen LogP contribution < -0.4 is 10.5 Å². The van der Waals surface area contributed by atoms with Gasteiger partial charge in [-0.25, -0.2) is 0 Å². The van der Waals surface area contributed by atoms with Crippen molar-refractivity contribution in [1.29, 1.82) is 0 Å². The lowest BCUT2D eigenvalue weighted by Crippen LogP contribution is -2.17. The number of nitrogens with two attached hydrogens (primary N) is 1. The van der Waals surface area contributed by atoms with Crippen molar-refractivity contribution in [3.05, 3.63) is 71.8 Å². The molecule has 3 N–H and O–H groups in total. The second-order valence-corrected chi connectivity index (χ2v) is 5.31. The Morgan fingerprint density at radius 3 is 2.08 bits per heavy atom. The standard InChI is InChI=1S/C18H14F3NO2.ClH/c19-18(20,21)24-12-7-5-11(6-8-12)17(22)15-9-10-16(23)14-4-2-1-3-13(14)15;/h1-10,17,23H,22H2;1H/t17-;/m1./s1. The van der Waals surface area contributed by atoms with Crippen molar-refractivity contribution in [3.63, 3.8) is 0 Å². The van der Waals surface area contributed by atoms with Crippen LogP contribution in [0, 0.1) is 0 Å². The van der Waals surface area contributed by atoms with Gasteiger partial charge >= 0.3 is 6.36 Å². The summed E-state index contributed by atoms with van der Waals surface area (Å²) in [5.74, 6) is -0.149.